The Bertz CT molecular complexity index is 1100. The third-order valence-electron chi connectivity index (χ3n) is 5.27. The van der Waals surface area contributed by atoms with E-state index in [0.29, 0.717) is 16.4 Å². The van der Waals surface area contributed by atoms with Crippen molar-refractivity contribution in [2.75, 3.05) is 25.7 Å². The van der Waals surface area contributed by atoms with Crippen LogP contribution in [0, 0.1) is 6.92 Å². The summed E-state index contributed by atoms with van der Waals surface area (Å²) in [5, 5.41) is 0.743. The molecule has 3 rings (SSSR count). The molecule has 2 aromatic rings. The first-order chi connectivity index (χ1) is 15.2. The van der Waals surface area contributed by atoms with Gasteiger partial charge in [0.15, 0.2) is 5.11 Å². The van der Waals surface area contributed by atoms with E-state index in [0.717, 1.165) is 22.4 Å². The lowest BCUT2D eigenvalue weighted by atomic mass is 9.96. The number of thiocarbonyl (C=S) groups is 1. The molecule has 6 nitrogen and oxygen atoms in total. The number of benzene rings is 2. The second-order valence-electron chi connectivity index (χ2n) is 7.70. The molecule has 1 heterocycles. The Morgan fingerprint density at radius 2 is 1.84 bits per heavy atom. The van der Waals surface area contributed by atoms with Crippen molar-refractivity contribution >= 4 is 52.6 Å². The molecule has 1 aliphatic rings. The molecule has 8 heteroatoms. The van der Waals surface area contributed by atoms with Gasteiger partial charge in [-0.3, -0.25) is 14.5 Å². The Labute approximate surface area is 198 Å². The molecule has 1 aliphatic heterocycles. The van der Waals surface area contributed by atoms with Crippen molar-refractivity contribution in [1.29, 1.82) is 0 Å². The van der Waals surface area contributed by atoms with E-state index < -0.39 is 5.97 Å². The first-order valence-corrected chi connectivity index (χ1v) is 10.8. The number of carbonyl (C=O) groups is 2. The summed E-state index contributed by atoms with van der Waals surface area (Å²) in [6.45, 7) is 5.92. The Morgan fingerprint density at radius 3 is 2.41 bits per heavy atom. The molecule has 0 aromatic heterocycles. The van der Waals surface area contributed by atoms with Crippen LogP contribution in [0.2, 0.25) is 5.02 Å². The van der Waals surface area contributed by atoms with Crippen LogP contribution in [0.3, 0.4) is 0 Å². The van der Waals surface area contributed by atoms with Crippen molar-refractivity contribution in [3.8, 4) is 5.75 Å². The maximum absolute atomic E-state index is 13.5. The lowest BCUT2D eigenvalue weighted by molar-refractivity contribution is -0.140. The number of esters is 1. The van der Waals surface area contributed by atoms with Gasteiger partial charge in [0.05, 0.1) is 19.9 Å². The second kappa shape index (κ2) is 9.71. The quantitative estimate of drug-likeness (QED) is 0.337. The standard InChI is InChI=1S/C24H25ClN2O4S/c1-14(2)19-11-16(15(3)10-21(19)30-4)12-20-23(29)27(18-8-6-17(25)7-9-18)24(32)26(20)13-22(28)31-5/h6-12,14H,13H2,1-5H3/b20-12-. The largest absolute Gasteiger partial charge is 0.496 e. The van der Waals surface area contributed by atoms with E-state index in [1.54, 1.807) is 37.5 Å². The average Bonchev–Trinajstić information content (AvgIpc) is 2.99. The number of methoxy groups -OCH3 is 2. The molecule has 168 valence electrons. The summed E-state index contributed by atoms with van der Waals surface area (Å²) in [5.74, 6) is 0.183. The van der Waals surface area contributed by atoms with Gasteiger partial charge in [0.1, 0.15) is 18.0 Å². The predicted octanol–water partition coefficient (Wildman–Crippen LogP) is 4.93. The number of hydrogen-bond donors (Lipinski definition) is 0. The van der Waals surface area contributed by atoms with Crippen molar-refractivity contribution in [3.63, 3.8) is 0 Å². The first kappa shape index (κ1) is 23.8. The fourth-order valence-electron chi connectivity index (χ4n) is 3.49. The van der Waals surface area contributed by atoms with Gasteiger partial charge in [-0.25, -0.2) is 0 Å². The maximum Gasteiger partial charge on any atom is 0.325 e. The normalized spacial score (nSPS) is 15.2. The second-order valence-corrected chi connectivity index (χ2v) is 8.50. The molecule has 1 amide bonds. The lowest BCUT2D eigenvalue weighted by Crippen LogP contribution is -2.35. The van der Waals surface area contributed by atoms with Crippen molar-refractivity contribution in [3.05, 3.63) is 63.8 Å². The minimum atomic E-state index is -0.502. The smallest absolute Gasteiger partial charge is 0.325 e. The Hall–Kier alpha value is -2.90. The number of hydrogen-bond acceptors (Lipinski definition) is 5. The number of carbonyl (C=O) groups excluding carboxylic acids is 2. The summed E-state index contributed by atoms with van der Waals surface area (Å²) in [6, 6.07) is 10.7. The molecule has 0 aliphatic carbocycles. The topological polar surface area (TPSA) is 59.1 Å². The van der Waals surface area contributed by atoms with Crippen LogP contribution in [0.5, 0.6) is 5.75 Å². The van der Waals surface area contributed by atoms with Crippen LogP contribution in [0.15, 0.2) is 42.1 Å². The third kappa shape index (κ3) is 4.64. The monoisotopic (exact) mass is 472 g/mol. The predicted molar refractivity (Wildman–Crippen MR) is 130 cm³/mol. The summed E-state index contributed by atoms with van der Waals surface area (Å²) < 4.78 is 10.3. The van der Waals surface area contributed by atoms with Crippen LogP contribution in [0.4, 0.5) is 5.69 Å². The molecule has 0 N–H and O–H groups in total. The van der Waals surface area contributed by atoms with E-state index in [4.69, 9.17) is 33.3 Å². The lowest BCUT2D eigenvalue weighted by Gasteiger charge is -2.19. The molecule has 0 bridgehead atoms. The SMILES string of the molecule is COC(=O)CN1C(=S)N(c2ccc(Cl)cc2)C(=O)/C1=C/c1cc(C(C)C)c(OC)cc1C. The molecular weight excluding hydrogens is 448 g/mol. The van der Waals surface area contributed by atoms with Crippen molar-refractivity contribution < 1.29 is 19.1 Å². The van der Waals surface area contributed by atoms with Gasteiger partial charge in [0.25, 0.3) is 5.91 Å². The van der Waals surface area contributed by atoms with Crippen LogP contribution >= 0.6 is 23.8 Å². The van der Waals surface area contributed by atoms with Crippen LogP contribution in [-0.4, -0.2) is 42.7 Å². The van der Waals surface area contributed by atoms with E-state index in [1.807, 2.05) is 19.1 Å². The van der Waals surface area contributed by atoms with Gasteiger partial charge in [-0.2, -0.15) is 0 Å². The highest BCUT2D eigenvalue weighted by atomic mass is 35.5. The third-order valence-corrected chi connectivity index (χ3v) is 5.92. The van der Waals surface area contributed by atoms with Crippen LogP contribution in [-0.2, 0) is 14.3 Å². The summed E-state index contributed by atoms with van der Waals surface area (Å²) in [6.07, 6.45) is 1.76. The van der Waals surface area contributed by atoms with Crippen LogP contribution < -0.4 is 9.64 Å². The van der Waals surface area contributed by atoms with E-state index in [2.05, 4.69) is 13.8 Å². The fraction of sp³-hybridized carbons (Fsp3) is 0.292. The van der Waals surface area contributed by atoms with E-state index >= 15 is 0 Å². The summed E-state index contributed by atoms with van der Waals surface area (Å²) in [4.78, 5) is 28.4. The van der Waals surface area contributed by atoms with E-state index in [-0.39, 0.29) is 23.5 Å². The highest BCUT2D eigenvalue weighted by molar-refractivity contribution is 7.80. The number of halogens is 1. The number of amides is 1. The molecule has 0 atom stereocenters. The number of aryl methyl sites for hydroxylation is 1. The molecule has 0 saturated carbocycles. The molecule has 0 spiro atoms. The van der Waals surface area contributed by atoms with Crippen molar-refractivity contribution in [2.45, 2.75) is 26.7 Å². The molecule has 0 radical (unpaired) electrons. The van der Waals surface area contributed by atoms with Gasteiger partial charge in [-0.15, -0.1) is 0 Å². The van der Waals surface area contributed by atoms with E-state index in [1.165, 1.54) is 16.9 Å². The van der Waals surface area contributed by atoms with Gasteiger partial charge in [-0.05, 0) is 84.2 Å². The number of ether oxygens (including phenoxy) is 2. The summed E-state index contributed by atoms with van der Waals surface area (Å²) in [5.41, 5.74) is 3.65. The Balaban J connectivity index is 2.13. The summed E-state index contributed by atoms with van der Waals surface area (Å²) in [7, 11) is 2.94. The van der Waals surface area contributed by atoms with Crippen LogP contribution in [0.1, 0.15) is 36.5 Å². The van der Waals surface area contributed by atoms with Gasteiger partial charge >= 0.3 is 5.97 Å². The zero-order chi connectivity index (χ0) is 23.6. The van der Waals surface area contributed by atoms with Gasteiger partial charge < -0.3 is 14.4 Å². The van der Waals surface area contributed by atoms with E-state index in [9.17, 15) is 9.59 Å². The zero-order valence-electron chi connectivity index (χ0n) is 18.6. The molecule has 2 aromatic carbocycles. The van der Waals surface area contributed by atoms with Gasteiger partial charge in [-0.1, -0.05) is 25.4 Å². The molecule has 1 fully saturated rings. The minimum Gasteiger partial charge on any atom is -0.496 e. The Kier molecular flexibility index (Phi) is 7.21. The highest BCUT2D eigenvalue weighted by Gasteiger charge is 2.40. The average molecular weight is 473 g/mol. The fourth-order valence-corrected chi connectivity index (χ4v) is 3.97. The number of anilines is 1. The highest BCUT2D eigenvalue weighted by Crippen LogP contribution is 2.33. The number of nitrogens with zero attached hydrogens (tertiary/aromatic N) is 2. The maximum atomic E-state index is 13.5. The number of rotatable bonds is 6. The van der Waals surface area contributed by atoms with Crippen molar-refractivity contribution in [2.24, 2.45) is 0 Å². The molecule has 0 unspecified atom stereocenters. The first-order valence-electron chi connectivity index (χ1n) is 10.1. The van der Waals surface area contributed by atoms with Crippen molar-refractivity contribution in [1.82, 2.24) is 4.90 Å². The summed E-state index contributed by atoms with van der Waals surface area (Å²) >= 11 is 11.6. The molecular formula is C24H25ClN2O4S. The van der Waals surface area contributed by atoms with Gasteiger partial charge in [0, 0.05) is 5.02 Å². The zero-order valence-corrected chi connectivity index (χ0v) is 20.2. The Morgan fingerprint density at radius 1 is 1.19 bits per heavy atom. The van der Waals surface area contributed by atoms with Crippen LogP contribution in [0.25, 0.3) is 6.08 Å². The molecule has 1 saturated heterocycles. The minimum absolute atomic E-state index is 0.177. The van der Waals surface area contributed by atoms with Gasteiger partial charge in [0.2, 0.25) is 0 Å². The molecule has 32 heavy (non-hydrogen) atoms.